The second-order valence-corrected chi connectivity index (χ2v) is 9.89. The van der Waals surface area contributed by atoms with Gasteiger partial charge < -0.3 is 9.64 Å². The molecule has 178 valence electrons. The number of benzene rings is 2. The van der Waals surface area contributed by atoms with Gasteiger partial charge in [0.15, 0.2) is 0 Å². The van der Waals surface area contributed by atoms with Crippen LogP contribution >= 0.6 is 0 Å². The van der Waals surface area contributed by atoms with Crippen molar-refractivity contribution >= 4 is 32.7 Å². The molecule has 1 fully saturated rings. The Hall–Kier alpha value is -3.54. The highest BCUT2D eigenvalue weighted by Gasteiger charge is 2.53. The van der Waals surface area contributed by atoms with Gasteiger partial charge in [-0.15, -0.1) is 0 Å². The molecule has 1 saturated heterocycles. The van der Waals surface area contributed by atoms with E-state index in [-0.39, 0.29) is 30.5 Å². The molecule has 3 aromatic rings. The van der Waals surface area contributed by atoms with Crippen LogP contribution in [0.5, 0.6) is 5.75 Å². The van der Waals surface area contributed by atoms with E-state index < -0.39 is 21.5 Å². The van der Waals surface area contributed by atoms with Gasteiger partial charge in [0.05, 0.1) is 23.5 Å². The fourth-order valence-electron chi connectivity index (χ4n) is 3.90. The highest BCUT2D eigenvalue weighted by atomic mass is 32.2. The molecule has 1 aliphatic heterocycles. The number of aryl methyl sites for hydroxylation is 1. The molecule has 10 nitrogen and oxygen atoms in total. The molecule has 0 radical (unpaired) electrons. The minimum Gasteiger partial charge on any atom is -0.489 e. The third-order valence-electron chi connectivity index (χ3n) is 5.69. The number of pyridine rings is 1. The van der Waals surface area contributed by atoms with Crippen LogP contribution in [0.4, 0.5) is 0 Å². The second-order valence-electron chi connectivity index (χ2n) is 8.20. The Balaban J connectivity index is 1.48. The number of hydrogen-bond donors (Lipinski definition) is 3. The quantitative estimate of drug-likeness (QED) is 0.341. The van der Waals surface area contributed by atoms with E-state index >= 15 is 0 Å². The first-order valence-corrected chi connectivity index (χ1v) is 11.9. The van der Waals surface area contributed by atoms with Gasteiger partial charge in [-0.1, -0.05) is 18.2 Å². The zero-order valence-electron chi connectivity index (χ0n) is 18.6. The first-order chi connectivity index (χ1) is 16.1. The van der Waals surface area contributed by atoms with Crippen LogP contribution in [0.25, 0.3) is 10.9 Å². The Morgan fingerprint density at radius 2 is 1.82 bits per heavy atom. The number of hydrogen-bond acceptors (Lipinski definition) is 7. The SMILES string of the molecule is CC(=O)N1CC(NS(=O)(=O)c2ccc(OCc3cc(C)nc4ccccc34)cc2)(C(=O)NO)C1. The maximum atomic E-state index is 12.9. The summed E-state index contributed by atoms with van der Waals surface area (Å²) in [7, 11) is -4.13. The summed E-state index contributed by atoms with van der Waals surface area (Å²) in [6.07, 6.45) is 0. The molecule has 0 saturated carbocycles. The van der Waals surface area contributed by atoms with Crippen molar-refractivity contribution in [3.63, 3.8) is 0 Å². The highest BCUT2D eigenvalue weighted by Crippen LogP contribution is 2.26. The van der Waals surface area contributed by atoms with E-state index in [9.17, 15) is 18.0 Å². The van der Waals surface area contributed by atoms with Gasteiger partial charge in [-0.2, -0.15) is 4.72 Å². The van der Waals surface area contributed by atoms with Crippen molar-refractivity contribution in [1.29, 1.82) is 0 Å². The zero-order valence-corrected chi connectivity index (χ0v) is 19.4. The number of aromatic nitrogens is 1. The molecule has 11 heteroatoms. The summed E-state index contributed by atoms with van der Waals surface area (Å²) in [4.78, 5) is 29.3. The number of sulfonamides is 1. The number of nitrogens with zero attached hydrogens (tertiary/aromatic N) is 2. The van der Waals surface area contributed by atoms with Crippen LogP contribution in [0, 0.1) is 6.92 Å². The van der Waals surface area contributed by atoms with Gasteiger partial charge >= 0.3 is 0 Å². The van der Waals surface area contributed by atoms with Crippen molar-refractivity contribution in [1.82, 2.24) is 20.1 Å². The average molecular weight is 485 g/mol. The summed E-state index contributed by atoms with van der Waals surface area (Å²) in [5, 5.41) is 10.0. The minimum atomic E-state index is -4.13. The normalized spacial score (nSPS) is 15.0. The number of nitrogens with one attached hydrogen (secondary N) is 2. The van der Waals surface area contributed by atoms with Gasteiger partial charge in [-0.05, 0) is 43.3 Å². The van der Waals surface area contributed by atoms with Crippen molar-refractivity contribution in [3.8, 4) is 5.75 Å². The number of ether oxygens (including phenoxy) is 1. The summed E-state index contributed by atoms with van der Waals surface area (Å²) in [5.41, 5.74) is 2.52. The Morgan fingerprint density at radius 3 is 2.47 bits per heavy atom. The summed E-state index contributed by atoms with van der Waals surface area (Å²) in [6.45, 7) is 3.12. The fourth-order valence-corrected chi connectivity index (χ4v) is 5.24. The number of carbonyl (C=O) groups is 2. The molecule has 0 unspecified atom stereocenters. The molecule has 3 N–H and O–H groups in total. The van der Waals surface area contributed by atoms with Crippen LogP contribution in [0.1, 0.15) is 18.2 Å². The first kappa shape index (κ1) is 23.6. The van der Waals surface area contributed by atoms with Crippen LogP contribution in [-0.2, 0) is 26.2 Å². The molecule has 0 spiro atoms. The fraction of sp³-hybridized carbons (Fsp3) is 0.261. The van der Waals surface area contributed by atoms with Crippen molar-refractivity contribution in [3.05, 3.63) is 65.9 Å². The zero-order chi connectivity index (χ0) is 24.5. The van der Waals surface area contributed by atoms with E-state index in [1.54, 1.807) is 0 Å². The number of likely N-dealkylation sites (tertiary alicyclic amines) is 1. The molecule has 0 bridgehead atoms. The monoisotopic (exact) mass is 484 g/mol. The van der Waals surface area contributed by atoms with Crippen LogP contribution in [-0.4, -0.2) is 54.0 Å². The van der Waals surface area contributed by atoms with Crippen molar-refractivity contribution in [2.24, 2.45) is 0 Å². The molecule has 2 aromatic carbocycles. The van der Waals surface area contributed by atoms with Crippen LogP contribution in [0.15, 0.2) is 59.5 Å². The Bertz CT molecular complexity index is 1350. The standard InChI is InChI=1S/C23H24N4O6S/c1-15-11-17(20-5-3-4-6-21(20)24-15)12-33-18-7-9-19(10-8-18)34(31,32)26-23(22(29)25-30)13-27(14-23)16(2)28/h3-11,26,30H,12-14H2,1-2H3,(H,25,29). The summed E-state index contributed by atoms with van der Waals surface area (Å²) in [5.74, 6) is -0.778. The van der Waals surface area contributed by atoms with Gasteiger partial charge in [0.1, 0.15) is 17.9 Å². The number of fused-ring (bicyclic) bond motifs is 1. The molecule has 1 aromatic heterocycles. The van der Waals surface area contributed by atoms with Crippen LogP contribution in [0.3, 0.4) is 0 Å². The summed E-state index contributed by atoms with van der Waals surface area (Å²) in [6, 6.07) is 15.4. The third kappa shape index (κ3) is 4.58. The van der Waals surface area contributed by atoms with Gasteiger partial charge in [0.25, 0.3) is 5.91 Å². The second kappa shape index (κ2) is 9.01. The van der Waals surface area contributed by atoms with E-state index in [1.165, 1.54) is 41.6 Å². The maximum Gasteiger partial charge on any atom is 0.268 e. The van der Waals surface area contributed by atoms with Crippen molar-refractivity contribution < 1.29 is 28.0 Å². The lowest BCUT2D eigenvalue weighted by Crippen LogP contribution is -2.76. The lowest BCUT2D eigenvalue weighted by molar-refractivity contribution is -0.149. The first-order valence-electron chi connectivity index (χ1n) is 10.5. The van der Waals surface area contributed by atoms with E-state index in [4.69, 9.17) is 9.94 Å². The Labute approximate surface area is 196 Å². The Kier molecular flexibility index (Phi) is 6.26. The van der Waals surface area contributed by atoms with Gasteiger partial charge in [-0.3, -0.25) is 19.8 Å². The summed E-state index contributed by atoms with van der Waals surface area (Å²) >= 11 is 0. The van der Waals surface area contributed by atoms with Crippen molar-refractivity contribution in [2.75, 3.05) is 13.1 Å². The minimum absolute atomic E-state index is 0.0866. The number of rotatable bonds is 7. The predicted molar refractivity (Wildman–Crippen MR) is 122 cm³/mol. The van der Waals surface area contributed by atoms with E-state index in [0.717, 1.165) is 22.2 Å². The van der Waals surface area contributed by atoms with Crippen molar-refractivity contribution in [2.45, 2.75) is 30.9 Å². The van der Waals surface area contributed by atoms with Gasteiger partial charge in [-0.25, -0.2) is 13.9 Å². The lowest BCUT2D eigenvalue weighted by atomic mass is 9.90. The van der Waals surface area contributed by atoms with Crippen LogP contribution in [0.2, 0.25) is 0 Å². The largest absolute Gasteiger partial charge is 0.489 e. The summed E-state index contributed by atoms with van der Waals surface area (Å²) < 4.78 is 34.0. The topological polar surface area (TPSA) is 138 Å². The van der Waals surface area contributed by atoms with E-state index in [0.29, 0.717) is 5.75 Å². The molecule has 2 heterocycles. The lowest BCUT2D eigenvalue weighted by Gasteiger charge is -2.47. The molecule has 4 rings (SSSR count). The molecule has 2 amide bonds. The molecule has 0 atom stereocenters. The van der Waals surface area contributed by atoms with Gasteiger partial charge in [0, 0.05) is 23.6 Å². The van der Waals surface area contributed by atoms with Crippen LogP contribution < -0.4 is 14.9 Å². The molecular weight excluding hydrogens is 460 g/mol. The molecule has 1 aliphatic rings. The molecule has 34 heavy (non-hydrogen) atoms. The van der Waals surface area contributed by atoms with Gasteiger partial charge in [0.2, 0.25) is 15.9 Å². The number of carbonyl (C=O) groups excluding carboxylic acids is 2. The highest BCUT2D eigenvalue weighted by molar-refractivity contribution is 7.89. The predicted octanol–water partition coefficient (Wildman–Crippen LogP) is 1.51. The maximum absolute atomic E-state index is 12.9. The van der Waals surface area contributed by atoms with E-state index in [1.807, 2.05) is 37.3 Å². The Morgan fingerprint density at radius 1 is 1.15 bits per heavy atom. The molecule has 0 aliphatic carbocycles. The molecular formula is C23H24N4O6S. The average Bonchev–Trinajstić information content (AvgIpc) is 2.79. The number of amides is 2. The number of hydroxylamine groups is 1. The third-order valence-corrected chi connectivity index (χ3v) is 7.24. The smallest absolute Gasteiger partial charge is 0.268 e. The van der Waals surface area contributed by atoms with E-state index in [2.05, 4.69) is 9.71 Å². The number of para-hydroxylation sites is 1.